The van der Waals surface area contributed by atoms with Gasteiger partial charge in [-0.05, 0) is 0 Å². The van der Waals surface area contributed by atoms with E-state index in [4.69, 9.17) is 10.1 Å². The van der Waals surface area contributed by atoms with Crippen molar-refractivity contribution < 1.29 is 21.1 Å². The molecule has 0 spiro atoms. The molecule has 0 bridgehead atoms. The molecule has 7 heteroatoms. The van der Waals surface area contributed by atoms with E-state index in [-0.39, 0.29) is 39.5 Å². The Hall–Kier alpha value is -0.0317. The van der Waals surface area contributed by atoms with E-state index < -0.39 is 0 Å². The Morgan fingerprint density at radius 1 is 1.14 bits per heavy atom. The molecule has 0 fully saturated rings. The molecule has 0 amide bonds. The average Bonchev–Trinajstić information content (AvgIpc) is 0.918. The van der Waals surface area contributed by atoms with Crippen LogP contribution in [0, 0.1) is 10.1 Å². The van der Waals surface area contributed by atoms with E-state index in [0.29, 0.717) is 0 Å². The van der Waals surface area contributed by atoms with Crippen molar-refractivity contribution in [2.75, 3.05) is 0 Å². The molecule has 0 aromatic rings. The zero-order valence-corrected chi connectivity index (χ0v) is 5.97. The van der Waals surface area contributed by atoms with Gasteiger partial charge in [0.1, 0.15) is 0 Å². The van der Waals surface area contributed by atoms with Crippen LogP contribution >= 0.6 is 0 Å². The first kappa shape index (κ1) is 64.1. The summed E-state index contributed by atoms with van der Waals surface area (Å²) >= 11 is 0. The summed E-state index contributed by atoms with van der Waals surface area (Å²) in [5, 5.41) is 9.00. The Morgan fingerprint density at radius 2 is 1.14 bits per heavy atom. The summed E-state index contributed by atoms with van der Waals surface area (Å²) in [5.74, 6) is 0. The smallest absolute Gasteiger partial charge is 0 e. The third-order valence-corrected chi connectivity index (χ3v) is 0. The molecule has 9 N–H and O–H groups in total. The van der Waals surface area contributed by atoms with Gasteiger partial charge in [0.25, 0.3) is 0 Å². The average molecular weight is 292 g/mol. The van der Waals surface area contributed by atoms with Gasteiger partial charge in [0, 0.05) is 21.1 Å². The van der Waals surface area contributed by atoms with Crippen molar-refractivity contribution in [1.82, 2.24) is 18.5 Å². The fourth-order valence-electron chi connectivity index (χ4n) is 0. The van der Waals surface area contributed by atoms with Gasteiger partial charge in [-0.2, -0.15) is 0 Å². The van der Waals surface area contributed by atoms with Crippen LogP contribution in [0.4, 0.5) is 0 Å². The van der Waals surface area contributed by atoms with Crippen molar-refractivity contribution in [3.63, 3.8) is 0 Å². The summed E-state index contributed by atoms with van der Waals surface area (Å²) in [7, 11) is 0. The number of hydrogen-bond donors (Lipinski definition) is 3. The molecule has 6 nitrogen and oxygen atoms in total. The summed E-state index contributed by atoms with van der Waals surface area (Å²) in [5.41, 5.74) is 0. The van der Waals surface area contributed by atoms with Gasteiger partial charge in [-0.25, -0.2) is 0 Å². The third-order valence-electron chi connectivity index (χ3n) is 0. The Labute approximate surface area is 55.6 Å². The summed E-state index contributed by atoms with van der Waals surface area (Å²) in [6, 6.07) is 0. The van der Waals surface area contributed by atoms with E-state index in [2.05, 4.69) is 0 Å². The molecular formula is H9N4O2Pt-. The van der Waals surface area contributed by atoms with Gasteiger partial charge in [-0.1, -0.05) is 0 Å². The van der Waals surface area contributed by atoms with E-state index in [1.54, 1.807) is 0 Å². The largest absolute Gasteiger partial charge is 0.444 e. The van der Waals surface area contributed by atoms with E-state index in [1.807, 2.05) is 0 Å². The summed E-state index contributed by atoms with van der Waals surface area (Å²) in [4.78, 5) is 8.00. The predicted molar refractivity (Wildman–Crippen MR) is 24.2 cm³/mol. The summed E-state index contributed by atoms with van der Waals surface area (Å²) in [6.07, 6.45) is 0. The minimum Gasteiger partial charge on any atom is -0.444 e. The minimum absolute atomic E-state index is 0. The number of hydrogen-bond acceptors (Lipinski definition) is 6. The predicted octanol–water partition coefficient (Wildman–Crippen LogP) is 0.734. The molecule has 0 heterocycles. The Balaban J connectivity index is -0.00000000333. The van der Waals surface area contributed by atoms with Gasteiger partial charge in [0.15, 0.2) is 0 Å². The topological polar surface area (TPSA) is 157 Å². The molecule has 0 unspecified atom stereocenters. The minimum atomic E-state index is 0. The first-order valence-electron chi connectivity index (χ1n) is 0.365. The molecule has 0 atom stereocenters. The maximum absolute atomic E-state index is 8.00. The van der Waals surface area contributed by atoms with Crippen LogP contribution in [0.15, 0.2) is 5.34 Å². The maximum atomic E-state index is 8.00. The summed E-state index contributed by atoms with van der Waals surface area (Å²) < 4.78 is 0. The van der Waals surface area contributed by atoms with Gasteiger partial charge < -0.3 is 28.6 Å². The molecule has 7 heavy (non-hydrogen) atoms. The van der Waals surface area contributed by atoms with Gasteiger partial charge in [0.2, 0.25) is 0 Å². The van der Waals surface area contributed by atoms with Crippen LogP contribution in [0.25, 0.3) is 0 Å². The van der Waals surface area contributed by atoms with Crippen LogP contribution in [0.5, 0.6) is 0 Å². The molecule has 0 aliphatic carbocycles. The molecule has 52 valence electrons. The van der Waals surface area contributed by atoms with Crippen molar-refractivity contribution in [3.8, 4) is 0 Å². The van der Waals surface area contributed by atoms with E-state index in [9.17, 15) is 0 Å². The second kappa shape index (κ2) is 157. The van der Waals surface area contributed by atoms with Gasteiger partial charge >= 0.3 is 0 Å². The van der Waals surface area contributed by atoms with Crippen molar-refractivity contribution in [2.45, 2.75) is 0 Å². The van der Waals surface area contributed by atoms with Crippen LogP contribution < -0.4 is 18.5 Å². The van der Waals surface area contributed by atoms with E-state index >= 15 is 0 Å². The molecule has 0 rings (SSSR count). The monoisotopic (exact) mass is 292 g/mol. The molecule has 0 aliphatic heterocycles. The van der Waals surface area contributed by atoms with Crippen LogP contribution in [0.2, 0.25) is 0 Å². The standard InChI is InChI=1S/HNO2.3H3N.Pt/c2-1-3;;;;/h(H,2,3);3*1H3;/p-1. The van der Waals surface area contributed by atoms with Gasteiger partial charge in [-0.3, -0.25) is 0 Å². The summed E-state index contributed by atoms with van der Waals surface area (Å²) in [6.45, 7) is 0. The van der Waals surface area contributed by atoms with Crippen molar-refractivity contribution in [3.05, 3.63) is 10.1 Å². The Morgan fingerprint density at radius 3 is 1.14 bits per heavy atom. The molecule has 0 saturated carbocycles. The molecule has 0 aromatic carbocycles. The fraction of sp³-hybridized carbons (Fsp3) is 0. The van der Waals surface area contributed by atoms with Gasteiger partial charge in [0.05, 0.1) is 0 Å². The SMILES string of the molecule is N.N.N.O=N[O-].[Pt]. The molecule has 0 radical (unpaired) electrons. The van der Waals surface area contributed by atoms with E-state index in [0.717, 1.165) is 5.34 Å². The number of rotatable bonds is 0. The zero-order valence-electron chi connectivity index (χ0n) is 3.70. The molecule has 0 aliphatic rings. The number of nitrogens with zero attached hydrogens (tertiary/aromatic N) is 1. The second-order valence-corrected chi connectivity index (χ2v) is 0.0745. The van der Waals surface area contributed by atoms with Crippen LogP contribution in [0.1, 0.15) is 0 Å². The normalized spacial score (nSPS) is 1.71. The maximum Gasteiger partial charge on any atom is 0 e. The zero-order chi connectivity index (χ0) is 2.71. The quantitative estimate of drug-likeness (QED) is 0.443. The van der Waals surface area contributed by atoms with Crippen LogP contribution in [0.3, 0.4) is 0 Å². The first-order valence-corrected chi connectivity index (χ1v) is 0.365. The van der Waals surface area contributed by atoms with E-state index in [1.165, 1.54) is 0 Å². The van der Waals surface area contributed by atoms with Crippen molar-refractivity contribution in [2.24, 2.45) is 5.34 Å². The van der Waals surface area contributed by atoms with Crippen LogP contribution in [-0.2, 0) is 21.1 Å². The molecule has 0 aromatic heterocycles. The first-order chi connectivity index (χ1) is 1.41. The van der Waals surface area contributed by atoms with Crippen molar-refractivity contribution >= 4 is 0 Å². The Kier molecular flexibility index (Phi) is 1440. The van der Waals surface area contributed by atoms with Crippen LogP contribution in [-0.4, -0.2) is 0 Å². The van der Waals surface area contributed by atoms with Crippen molar-refractivity contribution in [1.29, 1.82) is 0 Å². The molecule has 0 saturated heterocycles. The molecular weight excluding hydrogens is 283 g/mol. The van der Waals surface area contributed by atoms with Gasteiger partial charge in [-0.15, -0.1) is 5.34 Å². The Bertz CT molecular complexity index is 17.2. The second-order valence-electron chi connectivity index (χ2n) is 0.0745. The fourth-order valence-corrected chi connectivity index (χ4v) is 0. The third kappa shape index (κ3) is 93600.